The summed E-state index contributed by atoms with van der Waals surface area (Å²) in [6.45, 7) is 14.0. The summed E-state index contributed by atoms with van der Waals surface area (Å²) in [7, 11) is 0. The maximum atomic E-state index is 5.50. The average molecular weight is 198 g/mol. The number of allylic oxidation sites excluding steroid dienone is 2. The van der Waals surface area contributed by atoms with Crippen molar-refractivity contribution in [3.05, 3.63) is 11.6 Å². The van der Waals surface area contributed by atoms with Crippen molar-refractivity contribution < 1.29 is 4.74 Å². The molecule has 0 aliphatic carbocycles. The van der Waals surface area contributed by atoms with Crippen molar-refractivity contribution in [2.24, 2.45) is 5.41 Å². The zero-order chi connectivity index (χ0) is 11.2. The highest BCUT2D eigenvalue weighted by Gasteiger charge is 2.05. The summed E-state index contributed by atoms with van der Waals surface area (Å²) in [5, 5.41) is 0. The molecule has 0 N–H and O–H groups in total. The zero-order valence-corrected chi connectivity index (χ0v) is 10.7. The van der Waals surface area contributed by atoms with Crippen LogP contribution in [0.25, 0.3) is 0 Å². The van der Waals surface area contributed by atoms with Gasteiger partial charge in [-0.1, -0.05) is 32.4 Å². The van der Waals surface area contributed by atoms with Gasteiger partial charge in [0, 0.05) is 6.61 Å². The molecular weight excluding hydrogens is 172 g/mol. The van der Waals surface area contributed by atoms with Crippen molar-refractivity contribution in [2.45, 2.75) is 60.5 Å². The van der Waals surface area contributed by atoms with E-state index in [0.29, 0.717) is 11.5 Å². The molecule has 0 aromatic carbocycles. The highest BCUT2D eigenvalue weighted by molar-refractivity contribution is 5.03. The molecule has 0 saturated heterocycles. The first-order chi connectivity index (χ1) is 6.31. The van der Waals surface area contributed by atoms with Gasteiger partial charge in [-0.2, -0.15) is 0 Å². The molecule has 1 heteroatoms. The van der Waals surface area contributed by atoms with Crippen LogP contribution in [0.4, 0.5) is 0 Å². The average Bonchev–Trinajstić information content (AvgIpc) is 1.94. The monoisotopic (exact) mass is 198 g/mol. The third-order valence-corrected chi connectivity index (χ3v) is 1.85. The lowest BCUT2D eigenvalue weighted by atomic mass is 9.93. The predicted octanol–water partition coefficient (Wildman–Crippen LogP) is 4.18. The SMILES string of the molecule is C/C(=C/C(C)(C)C)CCCOC(C)C. The van der Waals surface area contributed by atoms with E-state index in [4.69, 9.17) is 4.74 Å². The van der Waals surface area contributed by atoms with Gasteiger partial charge in [0.2, 0.25) is 0 Å². The van der Waals surface area contributed by atoms with Gasteiger partial charge in [-0.15, -0.1) is 0 Å². The Labute approximate surface area is 89.5 Å². The molecule has 0 aromatic heterocycles. The molecule has 0 saturated carbocycles. The largest absolute Gasteiger partial charge is 0.379 e. The maximum absolute atomic E-state index is 5.50. The summed E-state index contributed by atoms with van der Waals surface area (Å²) in [6.07, 6.45) is 5.00. The molecule has 0 radical (unpaired) electrons. The summed E-state index contributed by atoms with van der Waals surface area (Å²) in [4.78, 5) is 0. The van der Waals surface area contributed by atoms with Crippen LogP contribution in [0.2, 0.25) is 0 Å². The Hall–Kier alpha value is -0.300. The summed E-state index contributed by atoms with van der Waals surface area (Å²) in [6, 6.07) is 0. The molecule has 14 heavy (non-hydrogen) atoms. The fourth-order valence-corrected chi connectivity index (χ4v) is 1.48. The zero-order valence-electron chi connectivity index (χ0n) is 10.7. The second kappa shape index (κ2) is 6.23. The highest BCUT2D eigenvalue weighted by atomic mass is 16.5. The Morgan fingerprint density at radius 3 is 2.29 bits per heavy atom. The minimum atomic E-state index is 0.309. The molecule has 0 bridgehead atoms. The first-order valence-corrected chi connectivity index (χ1v) is 5.61. The van der Waals surface area contributed by atoms with E-state index in [1.54, 1.807) is 0 Å². The Morgan fingerprint density at radius 1 is 1.29 bits per heavy atom. The van der Waals surface area contributed by atoms with Crippen molar-refractivity contribution >= 4 is 0 Å². The van der Waals surface area contributed by atoms with Crippen molar-refractivity contribution in [3.63, 3.8) is 0 Å². The molecule has 0 aliphatic heterocycles. The second-order valence-corrected chi connectivity index (χ2v) is 5.38. The molecule has 0 fully saturated rings. The van der Waals surface area contributed by atoms with Crippen LogP contribution >= 0.6 is 0 Å². The van der Waals surface area contributed by atoms with E-state index in [2.05, 4.69) is 47.6 Å². The van der Waals surface area contributed by atoms with E-state index < -0.39 is 0 Å². The Kier molecular flexibility index (Phi) is 6.10. The van der Waals surface area contributed by atoms with Crippen LogP contribution in [0.5, 0.6) is 0 Å². The molecular formula is C13H26O. The topological polar surface area (TPSA) is 9.23 Å². The molecule has 0 heterocycles. The molecule has 0 rings (SSSR count). The Bertz CT molecular complexity index is 172. The number of ether oxygens (including phenoxy) is 1. The first kappa shape index (κ1) is 13.7. The van der Waals surface area contributed by atoms with Crippen LogP contribution in [0, 0.1) is 5.41 Å². The molecule has 0 atom stereocenters. The maximum Gasteiger partial charge on any atom is 0.0518 e. The fourth-order valence-electron chi connectivity index (χ4n) is 1.48. The minimum absolute atomic E-state index is 0.309. The van der Waals surface area contributed by atoms with Crippen LogP contribution in [-0.2, 0) is 4.74 Å². The standard InChI is InChI=1S/C13H26O/c1-11(2)14-9-7-8-12(3)10-13(4,5)6/h10-11H,7-9H2,1-6H3/b12-10-. The van der Waals surface area contributed by atoms with Gasteiger partial charge in [-0.05, 0) is 39.0 Å². The molecule has 0 aliphatic rings. The fraction of sp³-hybridized carbons (Fsp3) is 0.846. The third-order valence-electron chi connectivity index (χ3n) is 1.85. The normalized spacial score (nSPS) is 13.8. The van der Waals surface area contributed by atoms with Gasteiger partial charge in [0.05, 0.1) is 6.10 Å². The van der Waals surface area contributed by atoms with Gasteiger partial charge >= 0.3 is 0 Å². The predicted molar refractivity (Wildman–Crippen MR) is 63.5 cm³/mol. The van der Waals surface area contributed by atoms with Crippen LogP contribution in [0.1, 0.15) is 54.4 Å². The van der Waals surface area contributed by atoms with E-state index in [0.717, 1.165) is 19.4 Å². The van der Waals surface area contributed by atoms with Crippen molar-refractivity contribution in [2.75, 3.05) is 6.61 Å². The van der Waals surface area contributed by atoms with Gasteiger partial charge in [0.25, 0.3) is 0 Å². The summed E-state index contributed by atoms with van der Waals surface area (Å²) in [5.41, 5.74) is 1.79. The van der Waals surface area contributed by atoms with Crippen LogP contribution in [0.3, 0.4) is 0 Å². The van der Waals surface area contributed by atoms with Crippen LogP contribution < -0.4 is 0 Å². The lowest BCUT2D eigenvalue weighted by Gasteiger charge is -2.14. The number of hydrogen-bond donors (Lipinski definition) is 0. The minimum Gasteiger partial charge on any atom is -0.379 e. The van der Waals surface area contributed by atoms with E-state index in [9.17, 15) is 0 Å². The molecule has 0 spiro atoms. The van der Waals surface area contributed by atoms with Gasteiger partial charge in [-0.25, -0.2) is 0 Å². The molecule has 1 nitrogen and oxygen atoms in total. The van der Waals surface area contributed by atoms with Gasteiger partial charge in [0.1, 0.15) is 0 Å². The highest BCUT2D eigenvalue weighted by Crippen LogP contribution is 2.19. The van der Waals surface area contributed by atoms with Crippen molar-refractivity contribution in [1.29, 1.82) is 0 Å². The van der Waals surface area contributed by atoms with Crippen molar-refractivity contribution in [1.82, 2.24) is 0 Å². The number of hydrogen-bond acceptors (Lipinski definition) is 1. The lowest BCUT2D eigenvalue weighted by Crippen LogP contribution is -2.04. The lowest BCUT2D eigenvalue weighted by molar-refractivity contribution is 0.0771. The van der Waals surface area contributed by atoms with Gasteiger partial charge in [-0.3, -0.25) is 0 Å². The van der Waals surface area contributed by atoms with E-state index in [1.165, 1.54) is 5.57 Å². The van der Waals surface area contributed by atoms with E-state index in [1.807, 2.05) is 0 Å². The Morgan fingerprint density at radius 2 is 1.86 bits per heavy atom. The van der Waals surface area contributed by atoms with Gasteiger partial charge < -0.3 is 4.74 Å². The quantitative estimate of drug-likeness (QED) is 0.475. The molecule has 0 amide bonds. The van der Waals surface area contributed by atoms with Crippen molar-refractivity contribution in [3.8, 4) is 0 Å². The summed E-state index contributed by atoms with van der Waals surface area (Å²) >= 11 is 0. The number of rotatable bonds is 5. The second-order valence-electron chi connectivity index (χ2n) is 5.38. The van der Waals surface area contributed by atoms with Crippen LogP contribution in [-0.4, -0.2) is 12.7 Å². The summed E-state index contributed by atoms with van der Waals surface area (Å²) < 4.78 is 5.50. The first-order valence-electron chi connectivity index (χ1n) is 5.61. The summed E-state index contributed by atoms with van der Waals surface area (Å²) in [5.74, 6) is 0. The molecule has 84 valence electrons. The van der Waals surface area contributed by atoms with E-state index in [-0.39, 0.29) is 0 Å². The van der Waals surface area contributed by atoms with Crippen LogP contribution in [0.15, 0.2) is 11.6 Å². The molecule has 0 aromatic rings. The smallest absolute Gasteiger partial charge is 0.0518 e. The Balaban J connectivity index is 3.64. The third kappa shape index (κ3) is 9.79. The van der Waals surface area contributed by atoms with Gasteiger partial charge in [0.15, 0.2) is 0 Å². The van der Waals surface area contributed by atoms with E-state index >= 15 is 0 Å². The molecule has 0 unspecified atom stereocenters.